The number of piperidine rings is 1. The van der Waals surface area contributed by atoms with Crippen LogP contribution >= 0.6 is 11.6 Å². The zero-order valence-corrected chi connectivity index (χ0v) is 20.9. The van der Waals surface area contributed by atoms with E-state index in [9.17, 15) is 22.4 Å². The standard InChI is InChI=1S/C22H29ClFN5O4S/c1-14(19-7-6-18(23)9-20(19)24)26-21(30)15(2)27(3)22(31)17-5-4-8-28(13-17)34(32,33)29-11-16(10-25)12-29/h6-7,9,14-17H,4-5,8,11-13H2,1-3H3,(H,26,30)/t14-,15-,17+/m1/s1. The van der Waals surface area contributed by atoms with Gasteiger partial charge in [-0.2, -0.15) is 22.3 Å². The molecule has 0 radical (unpaired) electrons. The van der Waals surface area contributed by atoms with Crippen molar-refractivity contribution >= 4 is 33.6 Å². The first-order valence-electron chi connectivity index (χ1n) is 11.1. The minimum absolute atomic E-state index is 0.0277. The number of amides is 2. The third-order valence-corrected chi connectivity index (χ3v) is 8.68. The maximum Gasteiger partial charge on any atom is 0.282 e. The van der Waals surface area contributed by atoms with E-state index in [1.807, 2.05) is 0 Å². The van der Waals surface area contributed by atoms with Crippen LogP contribution in [0.25, 0.3) is 0 Å². The van der Waals surface area contributed by atoms with E-state index in [2.05, 4.69) is 11.4 Å². The average Bonchev–Trinajstić information content (AvgIpc) is 2.76. The summed E-state index contributed by atoms with van der Waals surface area (Å²) in [5.41, 5.74) is 0.275. The predicted octanol–water partition coefficient (Wildman–Crippen LogP) is 1.92. The highest BCUT2D eigenvalue weighted by Gasteiger charge is 2.42. The molecule has 34 heavy (non-hydrogen) atoms. The second kappa shape index (κ2) is 10.6. The first-order valence-corrected chi connectivity index (χ1v) is 12.9. The molecule has 12 heteroatoms. The van der Waals surface area contributed by atoms with Crippen molar-refractivity contribution in [1.29, 1.82) is 5.26 Å². The van der Waals surface area contributed by atoms with Gasteiger partial charge in [0, 0.05) is 43.8 Å². The number of rotatable bonds is 7. The number of nitriles is 1. The summed E-state index contributed by atoms with van der Waals surface area (Å²) in [7, 11) is -2.23. The molecule has 0 bridgehead atoms. The van der Waals surface area contributed by atoms with Crippen molar-refractivity contribution in [3.8, 4) is 6.07 Å². The van der Waals surface area contributed by atoms with Crippen LogP contribution in [0.15, 0.2) is 18.2 Å². The van der Waals surface area contributed by atoms with Crippen molar-refractivity contribution in [2.75, 3.05) is 33.2 Å². The molecule has 2 fully saturated rings. The van der Waals surface area contributed by atoms with E-state index in [4.69, 9.17) is 16.9 Å². The zero-order valence-electron chi connectivity index (χ0n) is 19.4. The fourth-order valence-corrected chi connectivity index (χ4v) is 6.09. The summed E-state index contributed by atoms with van der Waals surface area (Å²) < 4.78 is 42.4. The molecule has 2 aliphatic heterocycles. The fraction of sp³-hybridized carbons (Fsp3) is 0.591. The topological polar surface area (TPSA) is 114 Å². The van der Waals surface area contributed by atoms with Crippen LogP contribution in [-0.2, 0) is 19.8 Å². The number of likely N-dealkylation sites (N-methyl/N-ethyl adjacent to an activating group) is 1. The Balaban J connectivity index is 1.60. The van der Waals surface area contributed by atoms with Gasteiger partial charge < -0.3 is 10.2 Å². The summed E-state index contributed by atoms with van der Waals surface area (Å²) in [5.74, 6) is -2.20. The molecule has 0 aromatic heterocycles. The Kier molecular flexibility index (Phi) is 8.18. The van der Waals surface area contributed by atoms with Gasteiger partial charge >= 0.3 is 0 Å². The molecule has 0 saturated carbocycles. The Hall–Kier alpha value is -2.26. The molecule has 0 spiro atoms. The van der Waals surface area contributed by atoms with E-state index >= 15 is 0 Å². The molecule has 1 aromatic carbocycles. The van der Waals surface area contributed by atoms with Gasteiger partial charge in [-0.25, -0.2) is 4.39 Å². The van der Waals surface area contributed by atoms with Crippen molar-refractivity contribution in [2.45, 2.75) is 38.8 Å². The number of halogens is 2. The first kappa shape index (κ1) is 26.3. The maximum atomic E-state index is 14.2. The van der Waals surface area contributed by atoms with E-state index in [1.165, 1.54) is 38.8 Å². The highest BCUT2D eigenvalue weighted by molar-refractivity contribution is 7.86. The molecule has 9 nitrogen and oxygen atoms in total. The van der Waals surface area contributed by atoms with Gasteiger partial charge in [0.1, 0.15) is 11.9 Å². The molecule has 2 amide bonds. The second-order valence-electron chi connectivity index (χ2n) is 8.87. The third kappa shape index (κ3) is 5.51. The molecular weight excluding hydrogens is 485 g/mol. The molecular formula is C22H29ClFN5O4S. The summed E-state index contributed by atoms with van der Waals surface area (Å²) in [6, 6.07) is 4.77. The Morgan fingerprint density at radius 3 is 2.56 bits per heavy atom. The van der Waals surface area contributed by atoms with Crippen LogP contribution in [-0.4, -0.2) is 73.0 Å². The lowest BCUT2D eigenvalue weighted by atomic mass is 9.97. The van der Waals surface area contributed by atoms with Gasteiger partial charge in [0.15, 0.2) is 0 Å². The van der Waals surface area contributed by atoms with Gasteiger partial charge in [0.05, 0.1) is 23.9 Å². The zero-order chi connectivity index (χ0) is 25.2. The highest BCUT2D eigenvalue weighted by Crippen LogP contribution is 2.27. The lowest BCUT2D eigenvalue weighted by Gasteiger charge is -2.41. The normalized spacial score (nSPS) is 21.7. The Bertz CT molecular complexity index is 1090. The smallest absolute Gasteiger partial charge is 0.282 e. The summed E-state index contributed by atoms with van der Waals surface area (Å²) in [5, 5.41) is 11.9. The first-order chi connectivity index (χ1) is 15.9. The van der Waals surface area contributed by atoms with Crippen LogP contribution in [0, 0.1) is 29.0 Å². The molecule has 2 saturated heterocycles. The van der Waals surface area contributed by atoms with Gasteiger partial charge in [-0.3, -0.25) is 9.59 Å². The number of carbonyl (C=O) groups is 2. The number of carbonyl (C=O) groups excluding carboxylic acids is 2. The van der Waals surface area contributed by atoms with Gasteiger partial charge in [-0.1, -0.05) is 17.7 Å². The lowest BCUT2D eigenvalue weighted by molar-refractivity contribution is -0.142. The third-order valence-electron chi connectivity index (χ3n) is 6.51. The molecule has 186 valence electrons. The van der Waals surface area contributed by atoms with Crippen LogP contribution in [0.1, 0.15) is 38.3 Å². The number of benzene rings is 1. The number of nitrogens with one attached hydrogen (secondary N) is 1. The monoisotopic (exact) mass is 513 g/mol. The maximum absolute atomic E-state index is 14.2. The SMILES string of the molecule is C[C@H](C(=O)N[C@H](C)c1ccc(Cl)cc1F)N(C)C(=O)[C@H]1CCCN(S(=O)(=O)N2CC(C#N)C2)C1. The van der Waals surface area contributed by atoms with E-state index in [0.29, 0.717) is 19.4 Å². The Morgan fingerprint density at radius 1 is 1.26 bits per heavy atom. The average molecular weight is 514 g/mol. The fourth-order valence-electron chi connectivity index (χ4n) is 4.14. The molecule has 2 heterocycles. The predicted molar refractivity (Wildman–Crippen MR) is 124 cm³/mol. The molecule has 3 rings (SSSR count). The molecule has 0 unspecified atom stereocenters. The van der Waals surface area contributed by atoms with E-state index in [-0.39, 0.29) is 42.0 Å². The van der Waals surface area contributed by atoms with Crippen LogP contribution in [0.2, 0.25) is 5.02 Å². The van der Waals surface area contributed by atoms with E-state index in [1.54, 1.807) is 13.8 Å². The van der Waals surface area contributed by atoms with E-state index < -0.39 is 39.9 Å². The van der Waals surface area contributed by atoms with Crippen molar-refractivity contribution < 1.29 is 22.4 Å². The van der Waals surface area contributed by atoms with Crippen molar-refractivity contribution in [2.24, 2.45) is 11.8 Å². The number of hydrogen-bond acceptors (Lipinski definition) is 5. The minimum Gasteiger partial charge on any atom is -0.348 e. The highest BCUT2D eigenvalue weighted by atomic mass is 35.5. The quantitative estimate of drug-likeness (QED) is 0.598. The summed E-state index contributed by atoms with van der Waals surface area (Å²) in [6.45, 7) is 3.87. The van der Waals surface area contributed by atoms with Crippen LogP contribution < -0.4 is 5.32 Å². The molecule has 2 aliphatic rings. The summed E-state index contributed by atoms with van der Waals surface area (Å²) >= 11 is 5.78. The molecule has 3 atom stereocenters. The van der Waals surface area contributed by atoms with Gasteiger partial charge in [-0.15, -0.1) is 0 Å². The van der Waals surface area contributed by atoms with Crippen LogP contribution in [0.5, 0.6) is 0 Å². The lowest BCUT2D eigenvalue weighted by Crippen LogP contribution is -2.57. The second-order valence-corrected chi connectivity index (χ2v) is 11.2. The van der Waals surface area contributed by atoms with Crippen molar-refractivity contribution in [3.63, 3.8) is 0 Å². The largest absolute Gasteiger partial charge is 0.348 e. The number of nitrogens with zero attached hydrogens (tertiary/aromatic N) is 4. The van der Waals surface area contributed by atoms with Gasteiger partial charge in [0.25, 0.3) is 10.2 Å². The Morgan fingerprint density at radius 2 is 1.94 bits per heavy atom. The molecule has 0 aliphatic carbocycles. The summed E-state index contributed by atoms with van der Waals surface area (Å²) in [6.07, 6.45) is 1.03. The van der Waals surface area contributed by atoms with Gasteiger partial charge in [-0.05, 0) is 38.8 Å². The van der Waals surface area contributed by atoms with Crippen molar-refractivity contribution in [3.05, 3.63) is 34.6 Å². The molecule has 1 N–H and O–H groups in total. The minimum atomic E-state index is -3.73. The van der Waals surface area contributed by atoms with Gasteiger partial charge in [0.2, 0.25) is 11.8 Å². The molecule has 1 aromatic rings. The van der Waals surface area contributed by atoms with Crippen molar-refractivity contribution in [1.82, 2.24) is 18.8 Å². The van der Waals surface area contributed by atoms with E-state index in [0.717, 1.165) is 0 Å². The van der Waals surface area contributed by atoms with Crippen LogP contribution in [0.3, 0.4) is 0 Å². The Labute approximate surface area is 204 Å². The van der Waals surface area contributed by atoms with Crippen LogP contribution in [0.4, 0.5) is 4.39 Å². The summed E-state index contributed by atoms with van der Waals surface area (Å²) in [4.78, 5) is 27.2. The number of hydrogen-bond donors (Lipinski definition) is 1.